The highest BCUT2D eigenvalue weighted by Gasteiger charge is 2.26. The summed E-state index contributed by atoms with van der Waals surface area (Å²) in [7, 11) is -3.57. The first kappa shape index (κ1) is 23.5. The molecule has 184 valence electrons. The molecule has 0 bridgehead atoms. The lowest BCUT2D eigenvalue weighted by Crippen LogP contribution is -2.50. The Hall–Kier alpha value is -4.25. The number of nitrogens with zero attached hydrogens (tertiary/aromatic N) is 5. The van der Waals surface area contributed by atoms with Gasteiger partial charge in [0.2, 0.25) is 5.95 Å². The summed E-state index contributed by atoms with van der Waals surface area (Å²) in [4.78, 5) is 36.2. The normalized spacial score (nSPS) is 14.2. The molecule has 3 heterocycles. The number of fused-ring (bicyclic) bond motifs is 1. The molecule has 2 aromatic carbocycles. The summed E-state index contributed by atoms with van der Waals surface area (Å²) in [5.74, 6) is 0.0187. The molecule has 1 aliphatic rings. The molecule has 1 aliphatic heterocycles. The number of rotatable bonds is 4. The molecule has 0 atom stereocenters. The third-order valence-corrected chi connectivity index (χ3v) is 7.34. The van der Waals surface area contributed by atoms with Crippen LogP contribution in [0.2, 0.25) is 0 Å². The molecule has 0 unspecified atom stereocenters. The van der Waals surface area contributed by atoms with Crippen molar-refractivity contribution in [3.63, 3.8) is 0 Å². The summed E-state index contributed by atoms with van der Waals surface area (Å²) in [5, 5.41) is 9.60. The second kappa shape index (κ2) is 9.08. The average molecular weight is 506 g/mol. The van der Waals surface area contributed by atoms with Gasteiger partial charge >= 0.3 is 6.09 Å². The van der Waals surface area contributed by atoms with Gasteiger partial charge < -0.3 is 14.9 Å². The molecular formula is C25H23N5O5S. The topological polar surface area (TPSA) is 126 Å². The van der Waals surface area contributed by atoms with Crippen LogP contribution in [0.1, 0.15) is 10.4 Å². The van der Waals surface area contributed by atoms with Crippen LogP contribution in [-0.2, 0) is 9.84 Å². The summed E-state index contributed by atoms with van der Waals surface area (Å²) in [5.41, 5.74) is 2.62. The van der Waals surface area contributed by atoms with Crippen LogP contribution in [0.5, 0.6) is 0 Å². The van der Waals surface area contributed by atoms with Crippen molar-refractivity contribution in [2.45, 2.75) is 4.90 Å². The lowest BCUT2D eigenvalue weighted by Gasteiger charge is -2.33. The van der Waals surface area contributed by atoms with E-state index in [2.05, 4.69) is 9.97 Å². The van der Waals surface area contributed by atoms with Crippen molar-refractivity contribution >= 4 is 32.7 Å². The highest BCUT2D eigenvalue weighted by Crippen LogP contribution is 2.29. The highest BCUT2D eigenvalue weighted by atomic mass is 32.2. The van der Waals surface area contributed by atoms with Gasteiger partial charge in [0.15, 0.2) is 9.84 Å². The van der Waals surface area contributed by atoms with E-state index in [0.717, 1.165) is 17.4 Å². The quantitative estimate of drug-likeness (QED) is 0.452. The van der Waals surface area contributed by atoms with Crippen molar-refractivity contribution in [3.8, 4) is 17.1 Å². The maximum absolute atomic E-state index is 13.2. The van der Waals surface area contributed by atoms with Gasteiger partial charge in [0, 0.05) is 67.5 Å². The number of hydrogen-bond donors (Lipinski definition) is 1. The second-order valence-corrected chi connectivity index (χ2v) is 10.6. The van der Waals surface area contributed by atoms with Gasteiger partial charge in [0.25, 0.3) is 5.91 Å². The first-order valence-corrected chi connectivity index (χ1v) is 13.1. The van der Waals surface area contributed by atoms with Crippen molar-refractivity contribution < 1.29 is 23.1 Å². The molecule has 0 radical (unpaired) electrons. The van der Waals surface area contributed by atoms with E-state index in [1.54, 1.807) is 40.1 Å². The van der Waals surface area contributed by atoms with Crippen LogP contribution >= 0.6 is 0 Å². The lowest BCUT2D eigenvalue weighted by atomic mass is 10.1. The largest absolute Gasteiger partial charge is 0.465 e. The Kier molecular flexibility index (Phi) is 5.92. The fourth-order valence-corrected chi connectivity index (χ4v) is 5.17. The number of piperazine rings is 1. The van der Waals surface area contributed by atoms with E-state index >= 15 is 0 Å². The number of aromatic nitrogens is 3. The summed E-state index contributed by atoms with van der Waals surface area (Å²) < 4.78 is 26.6. The summed E-state index contributed by atoms with van der Waals surface area (Å²) in [6, 6.07) is 14.5. The molecule has 5 rings (SSSR count). The van der Waals surface area contributed by atoms with Crippen molar-refractivity contribution in [1.82, 2.24) is 24.3 Å². The number of benzene rings is 2. The van der Waals surface area contributed by atoms with Crippen LogP contribution in [0.25, 0.3) is 28.0 Å². The minimum atomic E-state index is -3.57. The van der Waals surface area contributed by atoms with E-state index in [4.69, 9.17) is 5.11 Å². The highest BCUT2D eigenvalue weighted by molar-refractivity contribution is 7.91. The fourth-order valence-electron chi connectivity index (χ4n) is 4.30. The molecule has 0 aliphatic carbocycles. The first-order valence-electron chi connectivity index (χ1n) is 11.2. The molecule has 0 spiro atoms. The fraction of sp³-hybridized carbons (Fsp3) is 0.200. The van der Waals surface area contributed by atoms with Crippen LogP contribution < -0.4 is 0 Å². The molecule has 1 saturated heterocycles. The van der Waals surface area contributed by atoms with Crippen molar-refractivity contribution in [3.05, 3.63) is 72.7 Å². The predicted molar refractivity (Wildman–Crippen MR) is 133 cm³/mol. The predicted octanol–water partition coefficient (Wildman–Crippen LogP) is 2.93. The van der Waals surface area contributed by atoms with E-state index in [0.29, 0.717) is 16.5 Å². The molecular weight excluding hydrogens is 482 g/mol. The standard InChI is InChI=1S/C25H23N5O5S/c1-36(34,35)22-16-30(24-26-14-19(15-27-24)17-5-3-2-4-6-17)21-13-18(7-8-20(21)22)23(31)28-9-11-29(12-10-28)25(32)33/h2-8,13-16H,9-12H2,1H3,(H,32,33). The van der Waals surface area contributed by atoms with Crippen molar-refractivity contribution in [2.75, 3.05) is 32.4 Å². The molecule has 1 N–H and O–H groups in total. The summed E-state index contributed by atoms with van der Waals surface area (Å²) in [6.07, 6.45) is 4.93. The zero-order valence-corrected chi connectivity index (χ0v) is 20.2. The van der Waals surface area contributed by atoms with Gasteiger partial charge in [-0.25, -0.2) is 23.2 Å². The Morgan fingerprint density at radius 3 is 2.14 bits per heavy atom. The molecule has 2 amide bonds. The first-order chi connectivity index (χ1) is 17.2. The van der Waals surface area contributed by atoms with Crippen LogP contribution in [0, 0.1) is 0 Å². The Morgan fingerprint density at radius 2 is 1.53 bits per heavy atom. The monoisotopic (exact) mass is 505 g/mol. The zero-order chi connectivity index (χ0) is 25.4. The Labute approximate surface area is 207 Å². The van der Waals surface area contributed by atoms with Gasteiger partial charge in [-0.1, -0.05) is 36.4 Å². The average Bonchev–Trinajstić information content (AvgIpc) is 3.28. The molecule has 36 heavy (non-hydrogen) atoms. The van der Waals surface area contributed by atoms with Crippen molar-refractivity contribution in [1.29, 1.82) is 0 Å². The Morgan fingerprint density at radius 1 is 0.889 bits per heavy atom. The van der Waals surface area contributed by atoms with E-state index in [1.807, 2.05) is 30.3 Å². The molecule has 0 saturated carbocycles. The minimum Gasteiger partial charge on any atom is -0.465 e. The molecule has 1 fully saturated rings. The van der Waals surface area contributed by atoms with Gasteiger partial charge in [-0.05, 0) is 17.7 Å². The van der Waals surface area contributed by atoms with Gasteiger partial charge in [-0.2, -0.15) is 0 Å². The van der Waals surface area contributed by atoms with E-state index in [1.165, 1.54) is 11.1 Å². The van der Waals surface area contributed by atoms with Gasteiger partial charge in [-0.3, -0.25) is 9.36 Å². The van der Waals surface area contributed by atoms with Gasteiger partial charge in [-0.15, -0.1) is 0 Å². The number of carbonyl (C=O) groups excluding carboxylic acids is 1. The summed E-state index contributed by atoms with van der Waals surface area (Å²) in [6.45, 7) is 1.03. The number of hydrogen-bond acceptors (Lipinski definition) is 6. The van der Waals surface area contributed by atoms with Crippen LogP contribution in [0.15, 0.2) is 72.0 Å². The molecule has 2 aromatic heterocycles. The minimum absolute atomic E-state index is 0.113. The molecule has 4 aromatic rings. The smallest absolute Gasteiger partial charge is 0.407 e. The Balaban J connectivity index is 1.53. The Bertz CT molecular complexity index is 1560. The zero-order valence-electron chi connectivity index (χ0n) is 19.4. The van der Waals surface area contributed by atoms with E-state index < -0.39 is 15.9 Å². The number of amides is 2. The molecule has 10 nitrogen and oxygen atoms in total. The van der Waals surface area contributed by atoms with Crippen LogP contribution in [-0.4, -0.2) is 82.3 Å². The van der Waals surface area contributed by atoms with Gasteiger partial charge in [0.05, 0.1) is 10.4 Å². The van der Waals surface area contributed by atoms with Crippen LogP contribution in [0.4, 0.5) is 4.79 Å². The van der Waals surface area contributed by atoms with E-state index in [-0.39, 0.29) is 42.9 Å². The molecule has 11 heteroatoms. The van der Waals surface area contributed by atoms with E-state index in [9.17, 15) is 18.0 Å². The number of carboxylic acid groups (broad SMARTS) is 1. The summed E-state index contributed by atoms with van der Waals surface area (Å²) >= 11 is 0. The third kappa shape index (κ3) is 4.40. The maximum Gasteiger partial charge on any atom is 0.407 e. The maximum atomic E-state index is 13.2. The second-order valence-electron chi connectivity index (χ2n) is 8.57. The van der Waals surface area contributed by atoms with Gasteiger partial charge in [0.1, 0.15) is 0 Å². The van der Waals surface area contributed by atoms with Crippen molar-refractivity contribution in [2.24, 2.45) is 0 Å². The van der Waals surface area contributed by atoms with Crippen LogP contribution in [0.3, 0.4) is 0 Å². The lowest BCUT2D eigenvalue weighted by molar-refractivity contribution is 0.0625. The SMILES string of the molecule is CS(=O)(=O)c1cn(-c2ncc(-c3ccccc3)cn2)c2cc(C(=O)N3CCN(C(=O)O)CC3)ccc12. The third-order valence-electron chi connectivity index (χ3n) is 6.21. The number of carbonyl (C=O) groups is 2. The number of sulfone groups is 1.